The normalized spacial score (nSPS) is 16.3. The Labute approximate surface area is 307 Å². The molecule has 1 aliphatic heterocycles. The zero-order valence-electron chi connectivity index (χ0n) is 26.8. The molecule has 14 heteroatoms. The lowest BCUT2D eigenvalue weighted by Gasteiger charge is -2.37. The van der Waals surface area contributed by atoms with E-state index in [2.05, 4.69) is 48.0 Å². The second-order valence-corrected chi connectivity index (χ2v) is 15.7. The van der Waals surface area contributed by atoms with Gasteiger partial charge in [-0.25, -0.2) is 13.1 Å². The van der Waals surface area contributed by atoms with E-state index in [4.69, 9.17) is 4.74 Å². The fourth-order valence-electron chi connectivity index (χ4n) is 6.40. The van der Waals surface area contributed by atoms with Crippen LogP contribution in [0.3, 0.4) is 0 Å². The molecule has 6 rings (SSSR count). The van der Waals surface area contributed by atoms with Crippen molar-refractivity contribution in [2.45, 2.75) is 68.8 Å². The molecule has 50 heavy (non-hydrogen) atoms. The molecule has 4 aromatic rings. The van der Waals surface area contributed by atoms with Crippen molar-refractivity contribution in [2.75, 3.05) is 5.32 Å². The molecule has 258 valence electrons. The number of anilines is 1. The molecule has 1 atom stereocenters. The van der Waals surface area contributed by atoms with Crippen LogP contribution in [-0.2, 0) is 40.9 Å². The van der Waals surface area contributed by atoms with Crippen LogP contribution in [0.5, 0.6) is 5.75 Å². The highest BCUT2D eigenvalue weighted by molar-refractivity contribution is 9.11. The molecule has 1 amide bonds. The van der Waals surface area contributed by atoms with Gasteiger partial charge < -0.3 is 10.1 Å². The van der Waals surface area contributed by atoms with Crippen LogP contribution in [0.15, 0.2) is 92.7 Å². The summed E-state index contributed by atoms with van der Waals surface area (Å²) in [5.74, 6) is -0.166. The van der Waals surface area contributed by atoms with Crippen molar-refractivity contribution < 1.29 is 22.9 Å². The second kappa shape index (κ2) is 15.3. The predicted molar refractivity (Wildman–Crippen MR) is 195 cm³/mol. The van der Waals surface area contributed by atoms with Crippen molar-refractivity contribution in [2.24, 2.45) is 0 Å². The summed E-state index contributed by atoms with van der Waals surface area (Å²) >= 11 is 7.36. The number of rotatable bonds is 11. The molecule has 0 bridgehead atoms. The molecule has 1 aliphatic carbocycles. The minimum atomic E-state index is -4.48. The number of ether oxygens (including phenoxy) is 1. The van der Waals surface area contributed by atoms with Crippen molar-refractivity contribution in [3.63, 3.8) is 0 Å². The summed E-state index contributed by atoms with van der Waals surface area (Å²) in [5.41, 5.74) is 3.89. The van der Waals surface area contributed by atoms with Crippen molar-refractivity contribution in [1.82, 2.24) is 9.62 Å². The molecule has 0 spiro atoms. The number of carbonyl (C=O) groups excluding carboxylic acids is 1. The van der Waals surface area contributed by atoms with Crippen LogP contribution >= 0.6 is 31.9 Å². The van der Waals surface area contributed by atoms with Gasteiger partial charge in [-0.15, -0.1) is 0 Å². The number of amides is 1. The van der Waals surface area contributed by atoms with Gasteiger partial charge in [0.1, 0.15) is 18.0 Å². The van der Waals surface area contributed by atoms with Gasteiger partial charge in [0, 0.05) is 25.2 Å². The highest BCUT2D eigenvalue weighted by Gasteiger charge is 2.36. The summed E-state index contributed by atoms with van der Waals surface area (Å²) in [6, 6.07) is 23.5. The van der Waals surface area contributed by atoms with E-state index in [-0.39, 0.29) is 41.8 Å². The van der Waals surface area contributed by atoms with Crippen LogP contribution in [0.2, 0.25) is 0 Å². The van der Waals surface area contributed by atoms with Crippen molar-refractivity contribution in [1.29, 1.82) is 5.26 Å². The van der Waals surface area contributed by atoms with Gasteiger partial charge >= 0.3 is 0 Å². The molecule has 0 unspecified atom stereocenters. The van der Waals surface area contributed by atoms with E-state index in [0.29, 0.717) is 26.9 Å². The summed E-state index contributed by atoms with van der Waals surface area (Å²) in [4.78, 5) is 26.8. The Hall–Kier alpha value is -4.29. The maximum Gasteiger partial charge on any atom is 0.293 e. The van der Waals surface area contributed by atoms with Gasteiger partial charge in [0.25, 0.3) is 21.6 Å². The van der Waals surface area contributed by atoms with Crippen LogP contribution in [-0.4, -0.2) is 36.2 Å². The number of nitrogens with zero attached hydrogens (tertiary/aromatic N) is 3. The lowest BCUT2D eigenvalue weighted by Crippen LogP contribution is -2.51. The Kier molecular flexibility index (Phi) is 10.9. The van der Waals surface area contributed by atoms with Gasteiger partial charge in [-0.2, -0.15) is 5.26 Å². The van der Waals surface area contributed by atoms with Crippen molar-refractivity contribution in [3.05, 3.63) is 126 Å². The SMILES string of the molecule is N#Cc1ccc(CN2Cc3c(cc(Br)c(OCc4ccccc4)c3Br)C[C@H]2C(=O)NS(=O)(=O)c2ccc(NC3CCCC3)c([N+](=O)[O-])c2)cc1. The Morgan fingerprint density at radius 2 is 1.74 bits per heavy atom. The van der Waals surface area contributed by atoms with E-state index in [0.717, 1.165) is 54.0 Å². The summed E-state index contributed by atoms with van der Waals surface area (Å²) in [6.45, 7) is 0.888. The third kappa shape index (κ3) is 8.02. The first-order chi connectivity index (χ1) is 24.0. The number of benzene rings is 4. The molecule has 1 heterocycles. The Morgan fingerprint density at radius 3 is 2.42 bits per heavy atom. The minimum Gasteiger partial charge on any atom is -0.487 e. The number of nitriles is 1. The summed E-state index contributed by atoms with van der Waals surface area (Å²) in [5, 5.41) is 24.4. The number of fused-ring (bicyclic) bond motifs is 1. The third-order valence-corrected chi connectivity index (χ3v) is 11.8. The maximum absolute atomic E-state index is 13.9. The number of sulfonamides is 1. The average molecular weight is 824 g/mol. The second-order valence-electron chi connectivity index (χ2n) is 12.4. The number of nitro groups is 1. The minimum absolute atomic E-state index is 0.0821. The Balaban J connectivity index is 1.28. The molecule has 0 aromatic heterocycles. The molecule has 2 aliphatic rings. The lowest BCUT2D eigenvalue weighted by molar-refractivity contribution is -0.384. The molecule has 1 saturated carbocycles. The molecule has 11 nitrogen and oxygen atoms in total. The van der Waals surface area contributed by atoms with Crippen LogP contribution in [0, 0.1) is 21.4 Å². The van der Waals surface area contributed by atoms with Gasteiger partial charge in [-0.1, -0.05) is 55.3 Å². The highest BCUT2D eigenvalue weighted by atomic mass is 79.9. The molecule has 4 aromatic carbocycles. The number of hydrogen-bond acceptors (Lipinski definition) is 9. The standard InChI is InChI=1S/C36H33Br2N5O6S/c37-30-16-26-17-33(36(44)41-50(47,48)28-14-15-31(32(18-28)43(45)46)40-27-8-4-5-9-27)42(20-24-12-10-23(19-39)11-13-24)21-29(26)34(38)35(30)49-22-25-6-2-1-3-7-25/h1-3,6-7,10-16,18,27,33,40H,4-5,8-9,17,20-22H2,(H,41,44)/t33-/m0/s1. The van der Waals surface area contributed by atoms with Gasteiger partial charge in [0.05, 0.1) is 36.4 Å². The molecule has 0 radical (unpaired) electrons. The monoisotopic (exact) mass is 821 g/mol. The molecular weight excluding hydrogens is 790 g/mol. The summed E-state index contributed by atoms with van der Waals surface area (Å²) in [6.07, 6.45) is 3.98. The fraction of sp³-hybridized carbons (Fsp3) is 0.278. The van der Waals surface area contributed by atoms with Gasteiger partial charge in [-0.05, 0) is 104 Å². The van der Waals surface area contributed by atoms with Gasteiger partial charge in [0.2, 0.25) is 0 Å². The van der Waals surface area contributed by atoms with Crippen LogP contribution in [0.4, 0.5) is 11.4 Å². The Morgan fingerprint density at radius 1 is 1.02 bits per heavy atom. The van der Waals surface area contributed by atoms with E-state index in [1.807, 2.05) is 41.3 Å². The van der Waals surface area contributed by atoms with Gasteiger partial charge in [0.15, 0.2) is 0 Å². The smallest absolute Gasteiger partial charge is 0.293 e. The van der Waals surface area contributed by atoms with E-state index in [9.17, 15) is 28.6 Å². The number of halogens is 2. The largest absolute Gasteiger partial charge is 0.487 e. The zero-order valence-corrected chi connectivity index (χ0v) is 30.8. The van der Waals surface area contributed by atoms with E-state index in [1.54, 1.807) is 24.3 Å². The Bertz CT molecular complexity index is 2070. The quantitative estimate of drug-likeness (QED) is 0.117. The summed E-state index contributed by atoms with van der Waals surface area (Å²) in [7, 11) is -4.48. The number of hydrogen-bond donors (Lipinski definition) is 2. The van der Waals surface area contributed by atoms with Crippen LogP contribution in [0.1, 0.15) is 53.5 Å². The first kappa shape index (κ1) is 35.5. The molecular formula is C36H33Br2N5O6S. The van der Waals surface area contributed by atoms with Gasteiger partial charge in [-0.3, -0.25) is 19.8 Å². The van der Waals surface area contributed by atoms with Crippen molar-refractivity contribution >= 4 is 59.2 Å². The fourth-order valence-corrected chi connectivity index (χ4v) is 9.00. The summed E-state index contributed by atoms with van der Waals surface area (Å²) < 4.78 is 37.0. The highest BCUT2D eigenvalue weighted by Crippen LogP contribution is 2.42. The average Bonchev–Trinajstić information content (AvgIpc) is 3.62. The zero-order chi connectivity index (χ0) is 35.4. The van der Waals surface area contributed by atoms with Crippen LogP contribution in [0.25, 0.3) is 0 Å². The van der Waals surface area contributed by atoms with E-state index in [1.165, 1.54) is 12.1 Å². The first-order valence-electron chi connectivity index (χ1n) is 16.0. The number of nitro benzene ring substituents is 1. The van der Waals surface area contributed by atoms with Crippen molar-refractivity contribution in [3.8, 4) is 11.8 Å². The molecule has 1 fully saturated rings. The maximum atomic E-state index is 13.9. The predicted octanol–water partition coefficient (Wildman–Crippen LogP) is 7.36. The topological polar surface area (TPSA) is 155 Å². The van der Waals surface area contributed by atoms with E-state index >= 15 is 0 Å². The molecule has 2 N–H and O–H groups in total. The van der Waals surface area contributed by atoms with E-state index < -0.39 is 26.9 Å². The van der Waals surface area contributed by atoms with Crippen LogP contribution < -0.4 is 14.8 Å². The number of carbonyl (C=O) groups is 1. The lowest BCUT2D eigenvalue weighted by atomic mass is 9.92. The molecule has 0 saturated heterocycles. The third-order valence-electron chi connectivity index (χ3n) is 9.01. The number of nitrogens with one attached hydrogen (secondary N) is 2. The first-order valence-corrected chi connectivity index (χ1v) is 19.1.